The van der Waals surface area contributed by atoms with Crippen molar-refractivity contribution in [1.29, 1.82) is 0 Å². The molecule has 0 radical (unpaired) electrons. The number of carboxylic acids is 1. The molecule has 0 fully saturated rings. The van der Waals surface area contributed by atoms with Crippen molar-refractivity contribution in [2.24, 2.45) is 0 Å². The minimum absolute atomic E-state index is 0.0519. The van der Waals surface area contributed by atoms with E-state index in [4.69, 9.17) is 21.1 Å². The lowest BCUT2D eigenvalue weighted by Gasteiger charge is -2.15. The van der Waals surface area contributed by atoms with Crippen LogP contribution in [0.25, 0.3) is 0 Å². The van der Waals surface area contributed by atoms with Crippen LogP contribution in [-0.2, 0) is 16.0 Å². The summed E-state index contributed by atoms with van der Waals surface area (Å²) < 4.78 is 9.95. The molecule has 0 aliphatic heterocycles. The van der Waals surface area contributed by atoms with E-state index in [1.165, 1.54) is 38.3 Å². The molecule has 0 bridgehead atoms. The maximum absolute atomic E-state index is 12.3. The van der Waals surface area contributed by atoms with Crippen LogP contribution in [0.4, 0.5) is 0 Å². The fourth-order valence-electron chi connectivity index (χ4n) is 2.35. The first-order chi connectivity index (χ1) is 12.8. The van der Waals surface area contributed by atoms with Crippen LogP contribution in [0.2, 0.25) is 5.02 Å². The second-order valence-electron chi connectivity index (χ2n) is 5.66. The Morgan fingerprint density at radius 1 is 1.15 bits per heavy atom. The SMILES string of the molecule is COc1ccc(C[C@H](NC(=O)c2ccc(OC(C)=O)cc2)C(=O)O)cc1Cl. The van der Waals surface area contributed by atoms with Crippen LogP contribution >= 0.6 is 11.6 Å². The number of carbonyl (C=O) groups excluding carboxylic acids is 2. The summed E-state index contributed by atoms with van der Waals surface area (Å²) in [6, 6.07) is 9.55. The van der Waals surface area contributed by atoms with Gasteiger partial charge in [0.2, 0.25) is 0 Å². The molecule has 1 atom stereocenters. The lowest BCUT2D eigenvalue weighted by molar-refractivity contribution is -0.139. The Morgan fingerprint density at radius 3 is 2.33 bits per heavy atom. The van der Waals surface area contributed by atoms with Crippen LogP contribution in [0.15, 0.2) is 42.5 Å². The van der Waals surface area contributed by atoms with Gasteiger partial charge in [-0.05, 0) is 42.0 Å². The van der Waals surface area contributed by atoms with E-state index in [1.807, 2.05) is 0 Å². The fourth-order valence-corrected chi connectivity index (χ4v) is 2.63. The molecule has 0 aliphatic rings. The van der Waals surface area contributed by atoms with Crippen molar-refractivity contribution in [2.75, 3.05) is 7.11 Å². The molecule has 0 saturated heterocycles. The number of carboxylic acid groups (broad SMARTS) is 1. The van der Waals surface area contributed by atoms with Gasteiger partial charge in [-0.15, -0.1) is 0 Å². The van der Waals surface area contributed by atoms with Crippen molar-refractivity contribution in [2.45, 2.75) is 19.4 Å². The highest BCUT2D eigenvalue weighted by molar-refractivity contribution is 6.32. The highest BCUT2D eigenvalue weighted by atomic mass is 35.5. The summed E-state index contributed by atoms with van der Waals surface area (Å²) in [6.07, 6.45) is 0.0519. The summed E-state index contributed by atoms with van der Waals surface area (Å²) in [4.78, 5) is 34.8. The molecule has 0 heterocycles. The monoisotopic (exact) mass is 391 g/mol. The molecule has 2 rings (SSSR count). The molecule has 7 nitrogen and oxygen atoms in total. The van der Waals surface area contributed by atoms with Crippen molar-refractivity contribution >= 4 is 29.4 Å². The number of amides is 1. The second kappa shape index (κ2) is 9.05. The first kappa shape index (κ1) is 20.3. The van der Waals surface area contributed by atoms with Crippen LogP contribution < -0.4 is 14.8 Å². The molecule has 2 aromatic rings. The van der Waals surface area contributed by atoms with Gasteiger partial charge in [0.05, 0.1) is 12.1 Å². The van der Waals surface area contributed by atoms with Crippen LogP contribution in [0, 0.1) is 0 Å². The third kappa shape index (κ3) is 5.72. The van der Waals surface area contributed by atoms with Crippen molar-refractivity contribution < 1.29 is 29.0 Å². The van der Waals surface area contributed by atoms with E-state index in [2.05, 4.69) is 5.32 Å². The first-order valence-electron chi connectivity index (χ1n) is 7.94. The molecule has 1 amide bonds. The number of hydrogen-bond donors (Lipinski definition) is 2. The molecule has 0 spiro atoms. The Kier molecular flexibility index (Phi) is 6.79. The smallest absolute Gasteiger partial charge is 0.326 e. The average molecular weight is 392 g/mol. The van der Waals surface area contributed by atoms with Gasteiger partial charge >= 0.3 is 11.9 Å². The normalized spacial score (nSPS) is 11.4. The summed E-state index contributed by atoms with van der Waals surface area (Å²) >= 11 is 6.05. The number of ether oxygens (including phenoxy) is 2. The topological polar surface area (TPSA) is 102 Å². The number of halogens is 1. The molecule has 0 aliphatic carbocycles. The van der Waals surface area contributed by atoms with Gasteiger partial charge < -0.3 is 19.9 Å². The predicted octanol–water partition coefficient (Wildman–Crippen LogP) is 2.70. The number of benzene rings is 2. The molecule has 2 aromatic carbocycles. The van der Waals surface area contributed by atoms with Gasteiger partial charge in [-0.2, -0.15) is 0 Å². The molecule has 142 valence electrons. The van der Waals surface area contributed by atoms with Crippen LogP contribution in [-0.4, -0.2) is 36.1 Å². The molecular weight excluding hydrogens is 374 g/mol. The number of methoxy groups -OCH3 is 1. The molecule has 27 heavy (non-hydrogen) atoms. The predicted molar refractivity (Wildman–Crippen MR) is 98.3 cm³/mol. The first-order valence-corrected chi connectivity index (χ1v) is 8.32. The Hall–Kier alpha value is -3.06. The lowest BCUT2D eigenvalue weighted by Crippen LogP contribution is -2.42. The van der Waals surface area contributed by atoms with E-state index in [-0.39, 0.29) is 12.0 Å². The van der Waals surface area contributed by atoms with Gasteiger partial charge in [0.1, 0.15) is 17.5 Å². The Balaban J connectivity index is 2.09. The van der Waals surface area contributed by atoms with Crippen molar-refractivity contribution in [3.63, 3.8) is 0 Å². The van der Waals surface area contributed by atoms with Crippen LogP contribution in [0.1, 0.15) is 22.8 Å². The zero-order valence-corrected chi connectivity index (χ0v) is 15.4. The van der Waals surface area contributed by atoms with E-state index in [1.54, 1.807) is 18.2 Å². The van der Waals surface area contributed by atoms with Gasteiger partial charge in [-0.25, -0.2) is 4.79 Å². The lowest BCUT2D eigenvalue weighted by atomic mass is 10.0. The summed E-state index contributed by atoms with van der Waals surface area (Å²) in [5.74, 6) is -1.44. The Labute approximate surface area is 160 Å². The van der Waals surface area contributed by atoms with Gasteiger partial charge in [0, 0.05) is 18.9 Å². The number of aliphatic carboxylic acids is 1. The molecule has 0 saturated carbocycles. The number of esters is 1. The van der Waals surface area contributed by atoms with E-state index in [0.717, 1.165) is 0 Å². The number of nitrogens with one attached hydrogen (secondary N) is 1. The second-order valence-corrected chi connectivity index (χ2v) is 6.06. The van der Waals surface area contributed by atoms with Crippen molar-refractivity contribution in [3.05, 3.63) is 58.6 Å². The van der Waals surface area contributed by atoms with Crippen LogP contribution in [0.3, 0.4) is 0 Å². The molecular formula is C19H18ClNO6. The highest BCUT2D eigenvalue weighted by Gasteiger charge is 2.21. The largest absolute Gasteiger partial charge is 0.495 e. The zero-order valence-electron chi connectivity index (χ0n) is 14.7. The van der Waals surface area contributed by atoms with E-state index < -0.39 is 23.9 Å². The van der Waals surface area contributed by atoms with E-state index in [9.17, 15) is 19.5 Å². The Morgan fingerprint density at radius 2 is 1.81 bits per heavy atom. The minimum atomic E-state index is -1.17. The standard InChI is InChI=1S/C19H18ClNO6/c1-11(22)27-14-6-4-13(5-7-14)18(23)21-16(19(24)25)10-12-3-8-17(26-2)15(20)9-12/h3-9,16H,10H2,1-2H3,(H,21,23)(H,24,25)/t16-/m0/s1. The molecule has 0 unspecified atom stereocenters. The van der Waals surface area contributed by atoms with E-state index in [0.29, 0.717) is 22.1 Å². The van der Waals surface area contributed by atoms with Crippen molar-refractivity contribution in [1.82, 2.24) is 5.32 Å². The summed E-state index contributed by atoms with van der Waals surface area (Å²) in [6.45, 7) is 1.27. The number of rotatable bonds is 7. The van der Waals surface area contributed by atoms with Gasteiger partial charge in [-0.3, -0.25) is 9.59 Å². The highest BCUT2D eigenvalue weighted by Crippen LogP contribution is 2.25. The zero-order chi connectivity index (χ0) is 20.0. The molecule has 0 aromatic heterocycles. The maximum atomic E-state index is 12.3. The number of carbonyl (C=O) groups is 3. The maximum Gasteiger partial charge on any atom is 0.326 e. The van der Waals surface area contributed by atoms with Gasteiger partial charge in [0.15, 0.2) is 0 Å². The quantitative estimate of drug-likeness (QED) is 0.555. The average Bonchev–Trinajstić information content (AvgIpc) is 2.61. The third-order valence-electron chi connectivity index (χ3n) is 3.64. The van der Waals surface area contributed by atoms with Gasteiger partial charge in [0.25, 0.3) is 5.91 Å². The summed E-state index contributed by atoms with van der Waals surface area (Å²) in [5, 5.41) is 12.2. The van der Waals surface area contributed by atoms with Crippen molar-refractivity contribution in [3.8, 4) is 11.5 Å². The molecule has 8 heteroatoms. The fraction of sp³-hybridized carbons (Fsp3) is 0.211. The van der Waals surface area contributed by atoms with Gasteiger partial charge in [-0.1, -0.05) is 17.7 Å². The van der Waals surface area contributed by atoms with Crippen LogP contribution in [0.5, 0.6) is 11.5 Å². The van der Waals surface area contributed by atoms with E-state index >= 15 is 0 Å². The third-order valence-corrected chi connectivity index (χ3v) is 3.93. The molecule has 2 N–H and O–H groups in total. The minimum Gasteiger partial charge on any atom is -0.495 e. The summed E-state index contributed by atoms with van der Waals surface area (Å²) in [7, 11) is 1.48. The Bertz CT molecular complexity index is 850. The number of hydrogen-bond acceptors (Lipinski definition) is 5. The summed E-state index contributed by atoms with van der Waals surface area (Å²) in [5.41, 5.74) is 0.878.